The SMILES string of the molecule is CC.COCc1cc(C(C)=NC(=N)c2ccc(C(C)=O)c(C)c2)ccc1OC(C)C. The van der Waals surface area contributed by atoms with Gasteiger partial charge in [-0.25, -0.2) is 4.99 Å². The van der Waals surface area contributed by atoms with Gasteiger partial charge in [-0.1, -0.05) is 26.0 Å². The van der Waals surface area contributed by atoms with Gasteiger partial charge in [-0.15, -0.1) is 0 Å². The molecule has 162 valence electrons. The van der Waals surface area contributed by atoms with Crippen LogP contribution in [-0.2, 0) is 11.3 Å². The summed E-state index contributed by atoms with van der Waals surface area (Å²) < 4.78 is 11.1. The molecule has 0 unspecified atom stereocenters. The van der Waals surface area contributed by atoms with Crippen LogP contribution in [0, 0.1) is 12.3 Å². The molecular weight excluding hydrogens is 376 g/mol. The van der Waals surface area contributed by atoms with E-state index in [4.69, 9.17) is 14.9 Å². The van der Waals surface area contributed by atoms with Crippen LogP contribution in [0.3, 0.4) is 0 Å². The normalized spacial score (nSPS) is 11.0. The molecule has 0 atom stereocenters. The van der Waals surface area contributed by atoms with E-state index >= 15 is 0 Å². The zero-order valence-corrected chi connectivity index (χ0v) is 19.4. The minimum atomic E-state index is 0.0182. The lowest BCUT2D eigenvalue weighted by molar-refractivity contribution is 0.101. The maximum Gasteiger partial charge on any atom is 0.160 e. The molecule has 1 N–H and O–H groups in total. The molecule has 0 saturated heterocycles. The predicted molar refractivity (Wildman–Crippen MR) is 124 cm³/mol. The Balaban J connectivity index is 0.00000218. The van der Waals surface area contributed by atoms with Crippen LogP contribution in [-0.4, -0.2) is 30.5 Å². The van der Waals surface area contributed by atoms with Crippen LogP contribution in [0.25, 0.3) is 0 Å². The highest BCUT2D eigenvalue weighted by Gasteiger charge is 2.11. The number of aryl methyl sites for hydroxylation is 1. The van der Waals surface area contributed by atoms with Crippen molar-refractivity contribution in [3.63, 3.8) is 0 Å². The smallest absolute Gasteiger partial charge is 0.160 e. The summed E-state index contributed by atoms with van der Waals surface area (Å²) in [5, 5.41) is 8.33. The highest BCUT2D eigenvalue weighted by Crippen LogP contribution is 2.23. The summed E-state index contributed by atoms with van der Waals surface area (Å²) in [6.07, 6.45) is 0.0746. The lowest BCUT2D eigenvalue weighted by Gasteiger charge is -2.15. The zero-order chi connectivity index (χ0) is 22.8. The number of methoxy groups -OCH3 is 1. The largest absolute Gasteiger partial charge is 0.491 e. The third-order valence-electron chi connectivity index (χ3n) is 4.30. The van der Waals surface area contributed by atoms with Crippen LogP contribution < -0.4 is 4.74 Å². The van der Waals surface area contributed by atoms with E-state index in [0.717, 1.165) is 28.2 Å². The number of hydrogen-bond acceptors (Lipinski definition) is 4. The van der Waals surface area contributed by atoms with Gasteiger partial charge in [0.05, 0.1) is 12.7 Å². The Hall–Kier alpha value is -2.79. The topological polar surface area (TPSA) is 71.7 Å². The van der Waals surface area contributed by atoms with Crippen molar-refractivity contribution < 1.29 is 14.3 Å². The van der Waals surface area contributed by atoms with Gasteiger partial charge >= 0.3 is 0 Å². The Morgan fingerprint density at radius 1 is 1.07 bits per heavy atom. The second-order valence-electron chi connectivity index (χ2n) is 7.05. The number of nitrogens with zero attached hydrogens (tertiary/aromatic N) is 1. The third-order valence-corrected chi connectivity index (χ3v) is 4.30. The number of hydrogen-bond donors (Lipinski definition) is 1. The van der Waals surface area contributed by atoms with E-state index in [0.29, 0.717) is 17.7 Å². The van der Waals surface area contributed by atoms with Gasteiger partial charge in [0, 0.05) is 29.5 Å². The Kier molecular flexibility index (Phi) is 10.1. The number of ether oxygens (including phenoxy) is 2. The van der Waals surface area contributed by atoms with Crippen molar-refractivity contribution >= 4 is 17.3 Å². The van der Waals surface area contributed by atoms with Crippen molar-refractivity contribution in [2.45, 2.75) is 61.2 Å². The molecule has 0 aliphatic carbocycles. The van der Waals surface area contributed by atoms with E-state index < -0.39 is 0 Å². The zero-order valence-electron chi connectivity index (χ0n) is 19.4. The van der Waals surface area contributed by atoms with Gasteiger partial charge in [0.15, 0.2) is 11.6 Å². The number of Topliss-reactive ketones (excluding diaryl/α,β-unsaturated/α-hetero) is 1. The third kappa shape index (κ3) is 6.92. The molecule has 30 heavy (non-hydrogen) atoms. The number of aliphatic imine (C=N–C) groups is 1. The van der Waals surface area contributed by atoms with Crippen molar-refractivity contribution in [2.75, 3.05) is 7.11 Å². The van der Waals surface area contributed by atoms with Gasteiger partial charge in [-0.05, 0) is 70.0 Å². The summed E-state index contributed by atoms with van der Waals surface area (Å²) in [5.41, 5.74) is 4.77. The van der Waals surface area contributed by atoms with E-state index in [-0.39, 0.29) is 17.7 Å². The lowest BCUT2D eigenvalue weighted by atomic mass is 10.0. The van der Waals surface area contributed by atoms with Crippen LogP contribution >= 0.6 is 0 Å². The molecule has 0 radical (unpaired) electrons. The molecule has 2 aromatic rings. The molecule has 0 aliphatic rings. The standard InChI is InChI=1S/C23H28N2O3.C2H6/c1-14(2)28-22-10-8-18(12-20(22)13-27-6)16(4)25-23(24)19-7-9-21(17(5)26)15(3)11-19;1-2/h7-12,14,24H,13H2,1-6H3;1-2H3. The first-order chi connectivity index (χ1) is 14.2. The maximum atomic E-state index is 11.6. The Labute approximate surface area is 180 Å². The van der Waals surface area contributed by atoms with Crippen molar-refractivity contribution in [3.8, 4) is 5.75 Å². The van der Waals surface area contributed by atoms with E-state index in [1.807, 2.05) is 65.8 Å². The number of nitrogens with one attached hydrogen (secondary N) is 1. The van der Waals surface area contributed by atoms with Crippen LogP contribution in [0.15, 0.2) is 41.4 Å². The van der Waals surface area contributed by atoms with E-state index in [9.17, 15) is 4.79 Å². The number of ketones is 1. The summed E-state index contributed by atoms with van der Waals surface area (Å²) in [6, 6.07) is 11.2. The Bertz CT molecular complexity index is 915. The number of carbonyl (C=O) groups excluding carboxylic acids is 1. The molecule has 0 amide bonds. The quantitative estimate of drug-likeness (QED) is 0.346. The van der Waals surface area contributed by atoms with Crippen LogP contribution in [0.2, 0.25) is 0 Å². The van der Waals surface area contributed by atoms with Gasteiger partial charge in [0.25, 0.3) is 0 Å². The van der Waals surface area contributed by atoms with Gasteiger partial charge in [0.2, 0.25) is 0 Å². The fraction of sp³-hybridized carbons (Fsp3) is 0.400. The van der Waals surface area contributed by atoms with Crippen molar-refractivity contribution in [3.05, 3.63) is 64.2 Å². The highest BCUT2D eigenvalue weighted by atomic mass is 16.5. The van der Waals surface area contributed by atoms with Gasteiger partial charge in [-0.3, -0.25) is 10.2 Å². The maximum absolute atomic E-state index is 11.6. The van der Waals surface area contributed by atoms with Gasteiger partial charge < -0.3 is 9.47 Å². The average Bonchev–Trinajstić information content (AvgIpc) is 2.70. The first-order valence-electron chi connectivity index (χ1n) is 10.3. The van der Waals surface area contributed by atoms with Crippen molar-refractivity contribution in [1.29, 1.82) is 5.41 Å². The summed E-state index contributed by atoms with van der Waals surface area (Å²) in [7, 11) is 1.65. The fourth-order valence-corrected chi connectivity index (χ4v) is 2.94. The summed E-state index contributed by atoms with van der Waals surface area (Å²) in [4.78, 5) is 16.0. The minimum absolute atomic E-state index is 0.0182. The second kappa shape index (κ2) is 12.0. The number of amidine groups is 1. The molecule has 0 aliphatic heterocycles. The Morgan fingerprint density at radius 2 is 1.70 bits per heavy atom. The molecule has 0 aromatic heterocycles. The fourth-order valence-electron chi connectivity index (χ4n) is 2.94. The number of carbonyl (C=O) groups is 1. The highest BCUT2D eigenvalue weighted by molar-refractivity contribution is 6.10. The second-order valence-corrected chi connectivity index (χ2v) is 7.05. The molecule has 5 heteroatoms. The lowest BCUT2D eigenvalue weighted by Crippen LogP contribution is -2.09. The number of benzene rings is 2. The molecule has 0 heterocycles. The van der Waals surface area contributed by atoms with E-state index in [2.05, 4.69) is 4.99 Å². The first-order valence-corrected chi connectivity index (χ1v) is 10.3. The predicted octanol–water partition coefficient (Wildman–Crippen LogP) is 5.99. The van der Waals surface area contributed by atoms with E-state index in [1.54, 1.807) is 26.2 Å². The van der Waals surface area contributed by atoms with Gasteiger partial charge in [-0.2, -0.15) is 0 Å². The molecule has 5 nitrogen and oxygen atoms in total. The molecule has 0 bridgehead atoms. The summed E-state index contributed by atoms with van der Waals surface area (Å²) >= 11 is 0. The Morgan fingerprint density at radius 3 is 2.23 bits per heavy atom. The van der Waals surface area contributed by atoms with Crippen LogP contribution in [0.1, 0.15) is 74.2 Å². The first kappa shape index (κ1) is 25.2. The summed E-state index contributed by atoms with van der Waals surface area (Å²) in [6.45, 7) is 13.7. The van der Waals surface area contributed by atoms with E-state index in [1.165, 1.54) is 0 Å². The minimum Gasteiger partial charge on any atom is -0.491 e. The molecule has 0 spiro atoms. The average molecular weight is 411 g/mol. The van der Waals surface area contributed by atoms with Crippen LogP contribution in [0.5, 0.6) is 5.75 Å². The molecular formula is C25H34N2O3. The molecule has 2 aromatic carbocycles. The molecule has 0 fully saturated rings. The van der Waals surface area contributed by atoms with Gasteiger partial charge in [0.1, 0.15) is 5.75 Å². The summed E-state index contributed by atoms with van der Waals surface area (Å²) in [5.74, 6) is 0.968. The number of rotatable bonds is 7. The monoisotopic (exact) mass is 410 g/mol. The molecule has 2 rings (SSSR count). The molecule has 0 saturated carbocycles. The van der Waals surface area contributed by atoms with Crippen molar-refractivity contribution in [2.24, 2.45) is 4.99 Å². The van der Waals surface area contributed by atoms with Crippen LogP contribution in [0.4, 0.5) is 0 Å². The van der Waals surface area contributed by atoms with Crippen molar-refractivity contribution in [1.82, 2.24) is 0 Å².